The molecule has 1 aromatic heterocycles. The predicted octanol–water partition coefficient (Wildman–Crippen LogP) is 3.83. The maximum atomic E-state index is 11.9. The van der Waals surface area contributed by atoms with Crippen molar-refractivity contribution in [3.05, 3.63) is 23.5 Å². The van der Waals surface area contributed by atoms with Crippen LogP contribution in [-0.2, 0) is 0 Å². The van der Waals surface area contributed by atoms with Gasteiger partial charge in [-0.1, -0.05) is 51.9 Å². The molecule has 0 fully saturated rings. The number of unbranched alkanes of at least 4 members (excludes halogenated alkanes) is 7. The van der Waals surface area contributed by atoms with Gasteiger partial charge in [0.25, 0.3) is 5.91 Å². The average Bonchev–Trinajstić information content (AvgIpc) is 2.91. The molecule has 0 radical (unpaired) electrons. The van der Waals surface area contributed by atoms with Crippen molar-refractivity contribution in [2.45, 2.75) is 64.7 Å². The summed E-state index contributed by atoms with van der Waals surface area (Å²) in [6.07, 6.45) is 11.8. The molecule has 0 saturated heterocycles. The Bertz CT molecular complexity index is 424. The van der Waals surface area contributed by atoms with E-state index < -0.39 is 5.91 Å². The number of nitrogens with one attached hydrogen (secondary N) is 1. The SMILES string of the molecule is CCCCCCCCCCC(=O)c1c[nH]c(C(N)=O)c1. The van der Waals surface area contributed by atoms with Crippen LogP contribution in [-0.4, -0.2) is 16.7 Å². The zero-order valence-corrected chi connectivity index (χ0v) is 12.4. The number of amides is 1. The average molecular weight is 278 g/mol. The van der Waals surface area contributed by atoms with Crippen molar-refractivity contribution in [1.29, 1.82) is 0 Å². The molecule has 0 saturated carbocycles. The van der Waals surface area contributed by atoms with E-state index in [1.165, 1.54) is 44.6 Å². The maximum Gasteiger partial charge on any atom is 0.265 e. The Labute approximate surface area is 121 Å². The monoisotopic (exact) mass is 278 g/mol. The minimum atomic E-state index is -0.531. The van der Waals surface area contributed by atoms with Crippen molar-refractivity contribution in [2.75, 3.05) is 0 Å². The first kappa shape index (κ1) is 16.5. The molecule has 1 rings (SSSR count). The maximum absolute atomic E-state index is 11.9. The number of primary amides is 1. The number of aromatic nitrogens is 1. The summed E-state index contributed by atoms with van der Waals surface area (Å²) >= 11 is 0. The molecule has 20 heavy (non-hydrogen) atoms. The Balaban J connectivity index is 2.12. The molecule has 3 N–H and O–H groups in total. The van der Waals surface area contributed by atoms with Crippen LogP contribution in [0.25, 0.3) is 0 Å². The minimum Gasteiger partial charge on any atom is -0.364 e. The van der Waals surface area contributed by atoms with E-state index in [9.17, 15) is 9.59 Å². The third-order valence-corrected chi connectivity index (χ3v) is 3.53. The number of carbonyl (C=O) groups excluding carboxylic acids is 2. The van der Waals surface area contributed by atoms with Crippen molar-refractivity contribution in [2.24, 2.45) is 5.73 Å². The topological polar surface area (TPSA) is 75.9 Å². The fourth-order valence-corrected chi connectivity index (χ4v) is 2.26. The molecule has 1 aromatic rings. The van der Waals surface area contributed by atoms with E-state index in [4.69, 9.17) is 5.73 Å². The van der Waals surface area contributed by atoms with Crippen molar-refractivity contribution in [3.63, 3.8) is 0 Å². The summed E-state index contributed by atoms with van der Waals surface area (Å²) < 4.78 is 0. The van der Waals surface area contributed by atoms with Gasteiger partial charge in [-0.2, -0.15) is 0 Å². The first-order chi connectivity index (χ1) is 9.65. The number of hydrogen-bond acceptors (Lipinski definition) is 2. The number of carbonyl (C=O) groups is 2. The molecule has 4 nitrogen and oxygen atoms in total. The lowest BCUT2D eigenvalue weighted by Gasteiger charge is -2.01. The molecule has 0 unspecified atom stereocenters. The van der Waals surface area contributed by atoms with Crippen LogP contribution in [0, 0.1) is 0 Å². The summed E-state index contributed by atoms with van der Waals surface area (Å²) in [6.45, 7) is 2.22. The smallest absolute Gasteiger partial charge is 0.265 e. The predicted molar refractivity (Wildman–Crippen MR) is 80.9 cm³/mol. The van der Waals surface area contributed by atoms with Gasteiger partial charge in [-0.25, -0.2) is 0 Å². The van der Waals surface area contributed by atoms with Crippen molar-refractivity contribution < 1.29 is 9.59 Å². The van der Waals surface area contributed by atoms with Crippen LogP contribution in [0.4, 0.5) is 0 Å². The van der Waals surface area contributed by atoms with Gasteiger partial charge in [-0.3, -0.25) is 9.59 Å². The summed E-state index contributed by atoms with van der Waals surface area (Å²) in [5.41, 5.74) is 5.99. The van der Waals surface area contributed by atoms with E-state index in [0.717, 1.165) is 12.8 Å². The zero-order chi connectivity index (χ0) is 14.8. The zero-order valence-electron chi connectivity index (χ0n) is 12.4. The lowest BCUT2D eigenvalue weighted by atomic mass is 10.0. The highest BCUT2D eigenvalue weighted by atomic mass is 16.1. The number of H-pyrrole nitrogens is 1. The van der Waals surface area contributed by atoms with E-state index in [2.05, 4.69) is 11.9 Å². The summed E-state index contributed by atoms with van der Waals surface area (Å²) in [5, 5.41) is 0. The molecule has 1 amide bonds. The van der Waals surface area contributed by atoms with Gasteiger partial charge in [0, 0.05) is 18.2 Å². The molecule has 0 spiro atoms. The standard InChI is InChI=1S/C16H26N2O2/c1-2-3-4-5-6-7-8-9-10-15(19)13-11-14(16(17)20)18-12-13/h11-12,18H,2-10H2,1H3,(H2,17,20). The summed E-state index contributed by atoms with van der Waals surface area (Å²) in [7, 11) is 0. The highest BCUT2D eigenvalue weighted by Gasteiger charge is 2.10. The van der Waals surface area contributed by atoms with Crippen LogP contribution in [0.15, 0.2) is 12.3 Å². The Morgan fingerprint density at radius 3 is 2.20 bits per heavy atom. The normalized spacial score (nSPS) is 10.7. The minimum absolute atomic E-state index is 0.0831. The van der Waals surface area contributed by atoms with E-state index >= 15 is 0 Å². The second-order valence-corrected chi connectivity index (χ2v) is 5.31. The van der Waals surface area contributed by atoms with Gasteiger partial charge in [0.15, 0.2) is 5.78 Å². The molecular weight excluding hydrogens is 252 g/mol. The molecule has 0 atom stereocenters. The Kier molecular flexibility index (Phi) is 7.70. The highest BCUT2D eigenvalue weighted by molar-refractivity contribution is 5.99. The third-order valence-electron chi connectivity index (χ3n) is 3.53. The van der Waals surface area contributed by atoms with Gasteiger partial charge in [-0.05, 0) is 12.5 Å². The Morgan fingerprint density at radius 1 is 1.05 bits per heavy atom. The molecule has 0 bridgehead atoms. The van der Waals surface area contributed by atoms with Crippen LogP contribution in [0.3, 0.4) is 0 Å². The summed E-state index contributed by atoms with van der Waals surface area (Å²) in [4.78, 5) is 25.5. The largest absolute Gasteiger partial charge is 0.364 e. The molecule has 1 heterocycles. The molecule has 112 valence electrons. The number of Topliss-reactive ketones (excluding diaryl/α,β-unsaturated/α-hetero) is 1. The van der Waals surface area contributed by atoms with E-state index in [0.29, 0.717) is 17.7 Å². The van der Waals surface area contributed by atoms with Crippen LogP contribution in [0.5, 0.6) is 0 Å². The van der Waals surface area contributed by atoms with E-state index in [-0.39, 0.29) is 5.78 Å². The molecule has 0 aliphatic rings. The highest BCUT2D eigenvalue weighted by Crippen LogP contribution is 2.12. The lowest BCUT2D eigenvalue weighted by Crippen LogP contribution is -2.10. The van der Waals surface area contributed by atoms with Gasteiger partial charge in [0.05, 0.1) is 0 Å². The molecule has 0 aliphatic heterocycles. The fraction of sp³-hybridized carbons (Fsp3) is 0.625. The molecule has 0 aromatic carbocycles. The van der Waals surface area contributed by atoms with E-state index in [1.54, 1.807) is 6.20 Å². The molecule has 4 heteroatoms. The molecular formula is C16H26N2O2. The summed E-state index contributed by atoms with van der Waals surface area (Å²) in [5.74, 6) is -0.448. The van der Waals surface area contributed by atoms with Gasteiger partial charge < -0.3 is 10.7 Å². The van der Waals surface area contributed by atoms with Gasteiger partial charge >= 0.3 is 0 Å². The Morgan fingerprint density at radius 2 is 1.65 bits per heavy atom. The quantitative estimate of drug-likeness (QED) is 0.477. The molecule has 0 aliphatic carbocycles. The number of ketones is 1. The fourth-order valence-electron chi connectivity index (χ4n) is 2.26. The summed E-state index contributed by atoms with van der Waals surface area (Å²) in [6, 6.07) is 1.54. The number of aromatic amines is 1. The Hall–Kier alpha value is -1.58. The van der Waals surface area contributed by atoms with Crippen molar-refractivity contribution in [1.82, 2.24) is 4.98 Å². The number of hydrogen-bond donors (Lipinski definition) is 2. The van der Waals surface area contributed by atoms with Gasteiger partial charge in [0.2, 0.25) is 0 Å². The first-order valence-electron chi connectivity index (χ1n) is 7.66. The third kappa shape index (κ3) is 6.04. The van der Waals surface area contributed by atoms with Crippen molar-refractivity contribution in [3.8, 4) is 0 Å². The van der Waals surface area contributed by atoms with Crippen molar-refractivity contribution >= 4 is 11.7 Å². The van der Waals surface area contributed by atoms with Crippen LogP contribution >= 0.6 is 0 Å². The van der Waals surface area contributed by atoms with E-state index in [1.807, 2.05) is 0 Å². The van der Waals surface area contributed by atoms with Gasteiger partial charge in [-0.15, -0.1) is 0 Å². The second kappa shape index (κ2) is 9.34. The van der Waals surface area contributed by atoms with Crippen LogP contribution in [0.1, 0.15) is 85.6 Å². The van der Waals surface area contributed by atoms with Crippen LogP contribution < -0.4 is 5.73 Å². The number of rotatable bonds is 11. The second-order valence-electron chi connectivity index (χ2n) is 5.31. The van der Waals surface area contributed by atoms with Crippen LogP contribution in [0.2, 0.25) is 0 Å². The van der Waals surface area contributed by atoms with Gasteiger partial charge in [0.1, 0.15) is 5.69 Å². The lowest BCUT2D eigenvalue weighted by molar-refractivity contribution is 0.0978. The first-order valence-corrected chi connectivity index (χ1v) is 7.66. The number of nitrogens with two attached hydrogens (primary N) is 1.